The van der Waals surface area contributed by atoms with E-state index in [-0.39, 0.29) is 5.54 Å². The van der Waals surface area contributed by atoms with Gasteiger partial charge >= 0.3 is 0 Å². The van der Waals surface area contributed by atoms with Crippen LogP contribution in [0.2, 0.25) is 0 Å². The van der Waals surface area contributed by atoms with Gasteiger partial charge in [0.25, 0.3) is 0 Å². The number of benzene rings is 1. The molecule has 2 saturated heterocycles. The van der Waals surface area contributed by atoms with Crippen LogP contribution in [0.4, 0.5) is 0 Å². The Kier molecular flexibility index (Phi) is 7.71. The lowest BCUT2D eigenvalue weighted by Gasteiger charge is -2.41. The van der Waals surface area contributed by atoms with E-state index in [1.807, 2.05) is 13.1 Å². The molecule has 3 rings (SSSR count). The Morgan fingerprint density at radius 2 is 1.96 bits per heavy atom. The van der Waals surface area contributed by atoms with Crippen molar-refractivity contribution < 1.29 is 9.47 Å². The second kappa shape index (κ2) is 10.2. The highest BCUT2D eigenvalue weighted by molar-refractivity contribution is 5.80. The molecule has 0 aromatic heterocycles. The minimum Gasteiger partial charge on any atom is -0.379 e. The summed E-state index contributed by atoms with van der Waals surface area (Å²) < 4.78 is 11.4. The largest absolute Gasteiger partial charge is 0.379 e. The van der Waals surface area contributed by atoms with Crippen LogP contribution in [-0.2, 0) is 16.1 Å². The first-order chi connectivity index (χ1) is 13.6. The van der Waals surface area contributed by atoms with E-state index < -0.39 is 0 Å². The first kappa shape index (κ1) is 21.1. The molecule has 6 nitrogen and oxygen atoms in total. The van der Waals surface area contributed by atoms with E-state index in [4.69, 9.17) is 9.47 Å². The van der Waals surface area contributed by atoms with Gasteiger partial charge in [0.15, 0.2) is 5.96 Å². The molecule has 0 amide bonds. The molecule has 0 spiro atoms. The summed E-state index contributed by atoms with van der Waals surface area (Å²) in [6.07, 6.45) is 1.16. The molecule has 6 heteroatoms. The van der Waals surface area contributed by atoms with E-state index in [0.717, 1.165) is 64.9 Å². The summed E-state index contributed by atoms with van der Waals surface area (Å²) in [6.45, 7) is 12.7. The molecule has 28 heavy (non-hydrogen) atoms. The summed E-state index contributed by atoms with van der Waals surface area (Å²) in [4.78, 5) is 9.40. The molecule has 1 unspecified atom stereocenters. The van der Waals surface area contributed by atoms with Crippen LogP contribution >= 0.6 is 0 Å². The minimum atomic E-state index is 0.0810. The minimum absolute atomic E-state index is 0.0810. The van der Waals surface area contributed by atoms with Gasteiger partial charge in [-0.1, -0.05) is 30.3 Å². The molecule has 2 heterocycles. The van der Waals surface area contributed by atoms with Gasteiger partial charge in [0, 0.05) is 51.2 Å². The summed E-state index contributed by atoms with van der Waals surface area (Å²) in [7, 11) is 1.88. The fourth-order valence-electron chi connectivity index (χ4n) is 3.99. The van der Waals surface area contributed by atoms with Gasteiger partial charge in [-0.05, 0) is 25.8 Å². The number of hydrogen-bond donors (Lipinski definition) is 1. The molecule has 0 aliphatic carbocycles. The lowest BCUT2D eigenvalue weighted by atomic mass is 10.0. The van der Waals surface area contributed by atoms with Gasteiger partial charge in [-0.15, -0.1) is 0 Å². The van der Waals surface area contributed by atoms with Crippen molar-refractivity contribution in [1.82, 2.24) is 15.1 Å². The van der Waals surface area contributed by atoms with E-state index in [9.17, 15) is 0 Å². The van der Waals surface area contributed by atoms with E-state index >= 15 is 0 Å². The van der Waals surface area contributed by atoms with Crippen LogP contribution in [0, 0.1) is 5.92 Å². The third-order valence-corrected chi connectivity index (χ3v) is 5.81. The summed E-state index contributed by atoms with van der Waals surface area (Å²) in [5.41, 5.74) is 1.32. The quantitative estimate of drug-likeness (QED) is 0.573. The number of nitrogens with zero attached hydrogens (tertiary/aromatic N) is 3. The average molecular weight is 389 g/mol. The van der Waals surface area contributed by atoms with Gasteiger partial charge in [0.1, 0.15) is 0 Å². The molecule has 2 fully saturated rings. The number of hydrogen-bond acceptors (Lipinski definition) is 4. The highest BCUT2D eigenvalue weighted by Gasteiger charge is 2.30. The molecule has 1 N–H and O–H groups in total. The SMILES string of the molecule is CN=C(NCC(C)(C)N1CCOCC1)N1CCC(COCc2ccccc2)C1. The van der Waals surface area contributed by atoms with Gasteiger partial charge in [-0.3, -0.25) is 9.89 Å². The van der Waals surface area contributed by atoms with Crippen molar-refractivity contribution in [2.24, 2.45) is 10.9 Å². The molecular formula is C22H36N4O2. The zero-order chi connectivity index (χ0) is 19.8. The maximum absolute atomic E-state index is 5.95. The number of guanidine groups is 1. The molecule has 1 aromatic rings. The van der Waals surface area contributed by atoms with E-state index in [2.05, 4.69) is 58.2 Å². The van der Waals surface area contributed by atoms with E-state index in [1.54, 1.807) is 0 Å². The Labute approximate surface area is 169 Å². The topological polar surface area (TPSA) is 49.3 Å². The van der Waals surface area contributed by atoms with Crippen molar-refractivity contribution in [3.8, 4) is 0 Å². The standard InChI is InChI=1S/C22H36N4O2/c1-22(2,26-11-13-27-14-12-26)18-24-21(23-3)25-10-9-20(15-25)17-28-16-19-7-5-4-6-8-19/h4-8,20H,9-18H2,1-3H3,(H,23,24). The molecular weight excluding hydrogens is 352 g/mol. The number of likely N-dealkylation sites (tertiary alicyclic amines) is 1. The molecule has 0 bridgehead atoms. The van der Waals surface area contributed by atoms with Crippen LogP contribution in [0.25, 0.3) is 0 Å². The molecule has 1 atom stereocenters. The van der Waals surface area contributed by atoms with Crippen LogP contribution in [0.15, 0.2) is 35.3 Å². The van der Waals surface area contributed by atoms with Gasteiger partial charge in [-0.25, -0.2) is 0 Å². The van der Waals surface area contributed by atoms with Crippen LogP contribution in [0.5, 0.6) is 0 Å². The first-order valence-corrected chi connectivity index (χ1v) is 10.5. The molecule has 0 radical (unpaired) electrons. The summed E-state index contributed by atoms with van der Waals surface area (Å²) >= 11 is 0. The fourth-order valence-corrected chi connectivity index (χ4v) is 3.99. The summed E-state index contributed by atoms with van der Waals surface area (Å²) in [5, 5.41) is 3.60. The van der Waals surface area contributed by atoms with Crippen molar-refractivity contribution >= 4 is 5.96 Å². The number of morpholine rings is 1. The van der Waals surface area contributed by atoms with Crippen molar-refractivity contribution in [1.29, 1.82) is 0 Å². The summed E-state index contributed by atoms with van der Waals surface area (Å²) in [6, 6.07) is 10.4. The average Bonchev–Trinajstić information content (AvgIpc) is 3.18. The second-order valence-electron chi connectivity index (χ2n) is 8.41. The predicted octanol–water partition coefficient (Wildman–Crippen LogP) is 2.21. The Hall–Kier alpha value is -1.63. The smallest absolute Gasteiger partial charge is 0.193 e. The zero-order valence-corrected chi connectivity index (χ0v) is 17.7. The fraction of sp³-hybridized carbons (Fsp3) is 0.682. The second-order valence-corrected chi connectivity index (χ2v) is 8.41. The Balaban J connectivity index is 1.41. The number of ether oxygens (including phenoxy) is 2. The lowest BCUT2D eigenvalue weighted by Crippen LogP contribution is -2.56. The van der Waals surface area contributed by atoms with Crippen molar-refractivity contribution in [3.63, 3.8) is 0 Å². The summed E-state index contributed by atoms with van der Waals surface area (Å²) in [5.74, 6) is 1.57. The Morgan fingerprint density at radius 3 is 2.68 bits per heavy atom. The van der Waals surface area contributed by atoms with Crippen LogP contribution in [0.3, 0.4) is 0 Å². The number of aliphatic imine (C=N–C) groups is 1. The van der Waals surface area contributed by atoms with Gasteiger partial charge in [0.05, 0.1) is 26.4 Å². The van der Waals surface area contributed by atoms with Gasteiger partial charge < -0.3 is 19.7 Å². The molecule has 156 valence electrons. The molecule has 0 saturated carbocycles. The third-order valence-electron chi connectivity index (χ3n) is 5.81. The van der Waals surface area contributed by atoms with Crippen molar-refractivity contribution in [3.05, 3.63) is 35.9 Å². The van der Waals surface area contributed by atoms with E-state index in [0.29, 0.717) is 12.5 Å². The first-order valence-electron chi connectivity index (χ1n) is 10.5. The highest BCUT2D eigenvalue weighted by atomic mass is 16.5. The van der Waals surface area contributed by atoms with Gasteiger partial charge in [0.2, 0.25) is 0 Å². The highest BCUT2D eigenvalue weighted by Crippen LogP contribution is 2.19. The molecule has 2 aliphatic rings. The van der Waals surface area contributed by atoms with Crippen LogP contribution < -0.4 is 5.32 Å². The number of nitrogens with one attached hydrogen (secondary N) is 1. The van der Waals surface area contributed by atoms with Crippen LogP contribution in [0.1, 0.15) is 25.8 Å². The zero-order valence-electron chi connectivity index (χ0n) is 17.7. The molecule has 1 aromatic carbocycles. The predicted molar refractivity (Wildman–Crippen MR) is 114 cm³/mol. The lowest BCUT2D eigenvalue weighted by molar-refractivity contribution is -0.00847. The van der Waals surface area contributed by atoms with Crippen molar-refractivity contribution in [2.75, 3.05) is 59.6 Å². The maximum Gasteiger partial charge on any atom is 0.193 e. The van der Waals surface area contributed by atoms with Crippen molar-refractivity contribution in [2.45, 2.75) is 32.4 Å². The Bertz CT molecular complexity index is 614. The maximum atomic E-state index is 5.95. The monoisotopic (exact) mass is 388 g/mol. The third kappa shape index (κ3) is 5.93. The normalized spacial score (nSPS) is 21.9. The van der Waals surface area contributed by atoms with Crippen LogP contribution in [-0.4, -0.2) is 80.9 Å². The Morgan fingerprint density at radius 1 is 1.21 bits per heavy atom. The number of rotatable bonds is 7. The molecule has 2 aliphatic heterocycles. The van der Waals surface area contributed by atoms with Gasteiger partial charge in [-0.2, -0.15) is 0 Å². The van der Waals surface area contributed by atoms with E-state index in [1.165, 1.54) is 5.56 Å².